The molecular weight excluding hydrogens is 439 g/mol. The third-order valence-electron chi connectivity index (χ3n) is 4.25. The Balaban J connectivity index is 0.00000243. The van der Waals surface area contributed by atoms with E-state index >= 15 is 0 Å². The Morgan fingerprint density at radius 3 is 2.35 bits per heavy atom. The van der Waals surface area contributed by atoms with Gasteiger partial charge in [-0.2, -0.15) is 0 Å². The van der Waals surface area contributed by atoms with Crippen LogP contribution in [0.3, 0.4) is 0 Å². The predicted octanol–water partition coefficient (Wildman–Crippen LogP) is 4.25. The minimum absolute atomic E-state index is 0. The summed E-state index contributed by atoms with van der Waals surface area (Å²) in [6.45, 7) is 4.15. The molecule has 0 radical (unpaired) electrons. The van der Waals surface area contributed by atoms with Gasteiger partial charge in [-0.15, -0.1) is 12.4 Å². The summed E-state index contributed by atoms with van der Waals surface area (Å²) in [5.74, 6) is 0.681. The summed E-state index contributed by atoms with van der Waals surface area (Å²) in [7, 11) is 0. The zero-order chi connectivity index (χ0) is 17.6. The molecule has 3 rings (SSSR count). The van der Waals surface area contributed by atoms with Crippen LogP contribution in [0.5, 0.6) is 5.75 Å². The van der Waals surface area contributed by atoms with Crippen LogP contribution in [0.2, 0.25) is 5.02 Å². The van der Waals surface area contributed by atoms with Gasteiger partial charge in [-0.25, -0.2) is 0 Å². The highest BCUT2D eigenvalue weighted by Crippen LogP contribution is 2.19. The van der Waals surface area contributed by atoms with E-state index in [0.29, 0.717) is 10.8 Å². The van der Waals surface area contributed by atoms with E-state index in [9.17, 15) is 4.79 Å². The minimum Gasteiger partial charge on any atom is -0.484 e. The molecular formula is C19H21BrCl2N2O2. The summed E-state index contributed by atoms with van der Waals surface area (Å²) in [5.41, 5.74) is 1.27. The molecule has 0 bridgehead atoms. The number of piperazine rings is 1. The molecule has 0 saturated carbocycles. The number of carbonyl (C=O) groups excluding carboxylic acids is 1. The number of benzene rings is 2. The normalized spacial score (nSPS) is 14.6. The summed E-state index contributed by atoms with van der Waals surface area (Å²) in [6, 6.07) is 15.3. The molecule has 2 aromatic carbocycles. The maximum atomic E-state index is 12.3. The molecule has 0 atom stereocenters. The molecule has 0 N–H and O–H groups in total. The molecule has 1 amide bonds. The lowest BCUT2D eigenvalue weighted by atomic mass is 10.2. The van der Waals surface area contributed by atoms with Crippen LogP contribution < -0.4 is 4.74 Å². The van der Waals surface area contributed by atoms with E-state index in [2.05, 4.69) is 33.0 Å². The largest absolute Gasteiger partial charge is 0.484 e. The van der Waals surface area contributed by atoms with Crippen LogP contribution in [0.15, 0.2) is 53.0 Å². The summed E-state index contributed by atoms with van der Waals surface area (Å²) in [6.07, 6.45) is 0. The molecule has 1 aliphatic rings. The van der Waals surface area contributed by atoms with Crippen LogP contribution in [-0.2, 0) is 11.3 Å². The Hall–Kier alpha value is -1.27. The summed E-state index contributed by atoms with van der Waals surface area (Å²) >= 11 is 9.43. The number of nitrogens with zero attached hydrogens (tertiary/aromatic N) is 2. The molecule has 140 valence electrons. The molecule has 4 nitrogen and oxygen atoms in total. The number of hydrogen-bond donors (Lipinski definition) is 0. The zero-order valence-electron chi connectivity index (χ0n) is 14.2. The quantitative estimate of drug-likeness (QED) is 0.670. The Labute approximate surface area is 173 Å². The third kappa shape index (κ3) is 5.88. The Bertz CT molecular complexity index is 720. The van der Waals surface area contributed by atoms with Crippen molar-refractivity contribution >= 4 is 45.8 Å². The second-order valence-corrected chi connectivity index (χ2v) is 7.28. The molecule has 0 unspecified atom stereocenters. The highest BCUT2D eigenvalue weighted by atomic mass is 79.9. The van der Waals surface area contributed by atoms with Gasteiger partial charge in [0.1, 0.15) is 5.75 Å². The Morgan fingerprint density at radius 1 is 1.04 bits per heavy atom. The second kappa shape index (κ2) is 10.2. The van der Waals surface area contributed by atoms with E-state index in [4.69, 9.17) is 16.3 Å². The lowest BCUT2D eigenvalue weighted by Gasteiger charge is -2.34. The fourth-order valence-electron chi connectivity index (χ4n) is 2.79. The first-order chi connectivity index (χ1) is 12.1. The summed E-state index contributed by atoms with van der Waals surface area (Å²) in [4.78, 5) is 16.5. The van der Waals surface area contributed by atoms with Crippen LogP contribution in [-0.4, -0.2) is 48.5 Å². The third-order valence-corrected chi connectivity index (χ3v) is 5.28. The van der Waals surface area contributed by atoms with Crippen LogP contribution in [0.1, 0.15) is 5.56 Å². The molecule has 26 heavy (non-hydrogen) atoms. The van der Waals surface area contributed by atoms with Crippen molar-refractivity contribution in [1.82, 2.24) is 9.80 Å². The van der Waals surface area contributed by atoms with Crippen LogP contribution in [0.4, 0.5) is 0 Å². The number of rotatable bonds is 5. The van der Waals surface area contributed by atoms with Crippen molar-refractivity contribution in [2.24, 2.45) is 0 Å². The van der Waals surface area contributed by atoms with Gasteiger partial charge in [0, 0.05) is 42.2 Å². The van der Waals surface area contributed by atoms with Crippen molar-refractivity contribution in [1.29, 1.82) is 0 Å². The first-order valence-corrected chi connectivity index (χ1v) is 9.41. The summed E-state index contributed by atoms with van der Waals surface area (Å²) in [5, 5.41) is 0.653. The first-order valence-electron chi connectivity index (χ1n) is 8.24. The van der Waals surface area contributed by atoms with Crippen LogP contribution in [0, 0.1) is 0 Å². The van der Waals surface area contributed by atoms with Crippen molar-refractivity contribution < 1.29 is 9.53 Å². The summed E-state index contributed by atoms with van der Waals surface area (Å²) < 4.78 is 6.67. The van der Waals surface area contributed by atoms with Gasteiger partial charge >= 0.3 is 0 Å². The maximum Gasteiger partial charge on any atom is 0.260 e. The van der Waals surface area contributed by atoms with E-state index in [0.717, 1.165) is 37.2 Å². The van der Waals surface area contributed by atoms with Crippen molar-refractivity contribution in [3.8, 4) is 5.75 Å². The lowest BCUT2D eigenvalue weighted by Crippen LogP contribution is -2.49. The molecule has 1 saturated heterocycles. The fourth-order valence-corrected chi connectivity index (χ4v) is 3.33. The van der Waals surface area contributed by atoms with Crippen molar-refractivity contribution in [3.63, 3.8) is 0 Å². The van der Waals surface area contributed by atoms with Gasteiger partial charge in [0.25, 0.3) is 5.91 Å². The SMILES string of the molecule is Cl.O=C(COc1ccc(Cl)cc1)N1CCN(Cc2ccccc2Br)CC1. The van der Waals surface area contributed by atoms with Gasteiger partial charge in [0.2, 0.25) is 0 Å². The monoisotopic (exact) mass is 458 g/mol. The van der Waals surface area contributed by atoms with Crippen molar-refractivity contribution in [2.75, 3.05) is 32.8 Å². The number of halogens is 3. The molecule has 1 aliphatic heterocycles. The van der Waals surface area contributed by atoms with Crippen LogP contribution in [0.25, 0.3) is 0 Å². The van der Waals surface area contributed by atoms with Crippen molar-refractivity contribution in [3.05, 3.63) is 63.6 Å². The van der Waals surface area contributed by atoms with Gasteiger partial charge in [-0.1, -0.05) is 45.7 Å². The molecule has 0 aliphatic carbocycles. The predicted molar refractivity (Wildman–Crippen MR) is 110 cm³/mol. The molecule has 0 spiro atoms. The van der Waals surface area contributed by atoms with Crippen LogP contribution >= 0.6 is 39.9 Å². The van der Waals surface area contributed by atoms with Gasteiger partial charge in [0.05, 0.1) is 0 Å². The molecule has 1 fully saturated rings. The van der Waals surface area contributed by atoms with E-state index in [1.165, 1.54) is 5.56 Å². The van der Waals surface area contributed by atoms with E-state index in [1.54, 1.807) is 24.3 Å². The number of amides is 1. The Morgan fingerprint density at radius 2 is 1.69 bits per heavy atom. The average Bonchev–Trinajstić information content (AvgIpc) is 2.63. The van der Waals surface area contributed by atoms with Gasteiger partial charge in [0.15, 0.2) is 6.61 Å². The van der Waals surface area contributed by atoms with E-state index < -0.39 is 0 Å². The number of hydrogen-bond acceptors (Lipinski definition) is 3. The standard InChI is InChI=1S/C19H20BrClN2O2.ClH/c20-18-4-2-1-3-15(18)13-22-9-11-23(12-10-22)19(24)14-25-17-7-5-16(21)6-8-17;/h1-8H,9-14H2;1H. The number of ether oxygens (including phenoxy) is 1. The smallest absolute Gasteiger partial charge is 0.260 e. The minimum atomic E-state index is 0. The first kappa shape index (κ1) is 21.0. The zero-order valence-corrected chi connectivity index (χ0v) is 17.4. The molecule has 0 aromatic heterocycles. The topological polar surface area (TPSA) is 32.8 Å². The van der Waals surface area contributed by atoms with E-state index in [1.807, 2.05) is 17.0 Å². The fraction of sp³-hybridized carbons (Fsp3) is 0.316. The highest BCUT2D eigenvalue weighted by molar-refractivity contribution is 9.10. The van der Waals surface area contributed by atoms with E-state index in [-0.39, 0.29) is 24.9 Å². The molecule has 7 heteroatoms. The highest BCUT2D eigenvalue weighted by Gasteiger charge is 2.21. The average molecular weight is 460 g/mol. The number of carbonyl (C=O) groups is 1. The van der Waals surface area contributed by atoms with Gasteiger partial charge < -0.3 is 9.64 Å². The Kier molecular flexibility index (Phi) is 8.22. The van der Waals surface area contributed by atoms with Crippen molar-refractivity contribution in [2.45, 2.75) is 6.54 Å². The van der Waals surface area contributed by atoms with Gasteiger partial charge in [-0.05, 0) is 35.9 Å². The molecule has 1 heterocycles. The maximum absolute atomic E-state index is 12.3. The van der Waals surface area contributed by atoms with Gasteiger partial charge in [-0.3, -0.25) is 9.69 Å². The lowest BCUT2D eigenvalue weighted by molar-refractivity contribution is -0.135. The molecule has 2 aromatic rings. The second-order valence-electron chi connectivity index (χ2n) is 5.99.